The molecule has 7 heteroatoms. The first-order valence-electron chi connectivity index (χ1n) is 6.69. The largest absolute Gasteiger partial charge is 0.465 e. The summed E-state index contributed by atoms with van der Waals surface area (Å²) in [5.41, 5.74) is 3.89. The molecule has 0 unspecified atom stereocenters. The number of methoxy groups -OCH3 is 1. The Labute approximate surface area is 127 Å². The van der Waals surface area contributed by atoms with E-state index in [1.807, 2.05) is 18.5 Å². The van der Waals surface area contributed by atoms with Gasteiger partial charge in [0.25, 0.3) is 0 Å². The standard InChI is InChI=1S/C15H15N5O2/c1-10-14(13-8-16-9-19(13)2)17-18-20(10)12-6-4-11(5-7-12)15(21)22-3/h4-9H,1-3H3. The summed E-state index contributed by atoms with van der Waals surface area (Å²) in [5.74, 6) is -0.363. The van der Waals surface area contributed by atoms with E-state index in [9.17, 15) is 4.79 Å². The molecule has 3 aromatic rings. The van der Waals surface area contributed by atoms with Crippen molar-refractivity contribution < 1.29 is 9.53 Å². The number of benzene rings is 1. The molecular formula is C15H15N5O2. The van der Waals surface area contributed by atoms with Crippen LogP contribution in [-0.2, 0) is 11.8 Å². The Bertz CT molecular complexity index is 817. The summed E-state index contributed by atoms with van der Waals surface area (Å²) in [5, 5.41) is 8.42. The molecule has 2 heterocycles. The molecule has 1 aromatic carbocycles. The molecule has 0 bridgehead atoms. The Morgan fingerprint density at radius 3 is 2.55 bits per heavy atom. The van der Waals surface area contributed by atoms with Crippen LogP contribution in [0.5, 0.6) is 0 Å². The molecule has 112 valence electrons. The minimum Gasteiger partial charge on any atom is -0.465 e. The van der Waals surface area contributed by atoms with E-state index in [2.05, 4.69) is 20.0 Å². The van der Waals surface area contributed by atoms with E-state index in [1.54, 1.807) is 41.5 Å². The first-order valence-corrected chi connectivity index (χ1v) is 6.69. The summed E-state index contributed by atoms with van der Waals surface area (Å²) in [6.45, 7) is 1.94. The summed E-state index contributed by atoms with van der Waals surface area (Å²) in [6.07, 6.45) is 3.47. The second kappa shape index (κ2) is 5.44. The maximum absolute atomic E-state index is 11.5. The van der Waals surface area contributed by atoms with E-state index in [0.717, 1.165) is 22.8 Å². The number of hydrogen-bond donors (Lipinski definition) is 0. The molecule has 7 nitrogen and oxygen atoms in total. The van der Waals surface area contributed by atoms with Gasteiger partial charge < -0.3 is 9.30 Å². The molecular weight excluding hydrogens is 282 g/mol. The van der Waals surface area contributed by atoms with Crippen LogP contribution in [0.2, 0.25) is 0 Å². The number of esters is 1. The normalized spacial score (nSPS) is 10.7. The Kier molecular flexibility index (Phi) is 3.46. The van der Waals surface area contributed by atoms with Gasteiger partial charge in [0.05, 0.1) is 42.3 Å². The molecule has 0 amide bonds. The van der Waals surface area contributed by atoms with Gasteiger partial charge >= 0.3 is 5.97 Å². The smallest absolute Gasteiger partial charge is 0.337 e. The number of rotatable bonds is 3. The molecule has 0 aliphatic rings. The molecule has 3 rings (SSSR count). The third-order valence-electron chi connectivity index (χ3n) is 3.49. The van der Waals surface area contributed by atoms with Gasteiger partial charge in [0.1, 0.15) is 5.69 Å². The van der Waals surface area contributed by atoms with Crippen LogP contribution in [0.1, 0.15) is 16.1 Å². The van der Waals surface area contributed by atoms with Crippen molar-refractivity contribution in [3.8, 4) is 17.1 Å². The van der Waals surface area contributed by atoms with Gasteiger partial charge in [0.15, 0.2) is 0 Å². The average Bonchev–Trinajstić information content (AvgIpc) is 3.12. The number of carbonyl (C=O) groups is 1. The van der Waals surface area contributed by atoms with E-state index in [0.29, 0.717) is 5.56 Å². The Hall–Kier alpha value is -2.96. The highest BCUT2D eigenvalue weighted by molar-refractivity contribution is 5.89. The van der Waals surface area contributed by atoms with E-state index in [1.165, 1.54) is 7.11 Å². The number of carbonyl (C=O) groups excluding carboxylic acids is 1. The molecule has 2 aromatic heterocycles. The van der Waals surface area contributed by atoms with Crippen LogP contribution >= 0.6 is 0 Å². The fourth-order valence-electron chi connectivity index (χ4n) is 2.25. The summed E-state index contributed by atoms with van der Waals surface area (Å²) >= 11 is 0. The van der Waals surface area contributed by atoms with Crippen LogP contribution in [0.3, 0.4) is 0 Å². The lowest BCUT2D eigenvalue weighted by molar-refractivity contribution is 0.0601. The van der Waals surface area contributed by atoms with E-state index in [-0.39, 0.29) is 5.97 Å². The predicted molar refractivity (Wildman–Crippen MR) is 79.6 cm³/mol. The molecule has 22 heavy (non-hydrogen) atoms. The minimum atomic E-state index is -0.363. The lowest BCUT2D eigenvalue weighted by Gasteiger charge is -2.05. The maximum Gasteiger partial charge on any atom is 0.337 e. The van der Waals surface area contributed by atoms with Crippen LogP contribution in [0.25, 0.3) is 17.1 Å². The number of imidazole rings is 1. The van der Waals surface area contributed by atoms with E-state index < -0.39 is 0 Å². The van der Waals surface area contributed by atoms with Crippen molar-refractivity contribution in [3.63, 3.8) is 0 Å². The summed E-state index contributed by atoms with van der Waals surface area (Å²) in [4.78, 5) is 15.6. The van der Waals surface area contributed by atoms with Crippen LogP contribution in [0, 0.1) is 6.92 Å². The van der Waals surface area contributed by atoms with Crippen LogP contribution in [0.4, 0.5) is 0 Å². The first-order chi connectivity index (χ1) is 10.6. The number of hydrogen-bond acceptors (Lipinski definition) is 5. The van der Waals surface area contributed by atoms with Crippen molar-refractivity contribution in [2.24, 2.45) is 7.05 Å². The van der Waals surface area contributed by atoms with Gasteiger partial charge in [-0.25, -0.2) is 14.5 Å². The van der Waals surface area contributed by atoms with Crippen molar-refractivity contribution >= 4 is 5.97 Å². The molecule has 0 aliphatic carbocycles. The number of aryl methyl sites for hydroxylation is 1. The van der Waals surface area contributed by atoms with Crippen LogP contribution in [0.15, 0.2) is 36.8 Å². The second-order valence-electron chi connectivity index (χ2n) is 4.86. The topological polar surface area (TPSA) is 74.8 Å². The van der Waals surface area contributed by atoms with Crippen molar-refractivity contribution in [3.05, 3.63) is 48.0 Å². The SMILES string of the molecule is COC(=O)c1ccc(-n2nnc(-c3cncn3C)c2C)cc1. The number of ether oxygens (including phenoxy) is 1. The first kappa shape index (κ1) is 14.0. The van der Waals surface area contributed by atoms with Gasteiger partial charge in [-0.2, -0.15) is 0 Å². The molecule has 0 spiro atoms. The fourth-order valence-corrected chi connectivity index (χ4v) is 2.25. The quantitative estimate of drug-likeness (QED) is 0.689. The van der Waals surface area contributed by atoms with Crippen LogP contribution < -0.4 is 0 Å². The maximum atomic E-state index is 11.5. The minimum absolute atomic E-state index is 0.363. The highest BCUT2D eigenvalue weighted by Crippen LogP contribution is 2.22. The molecule has 0 atom stereocenters. The fraction of sp³-hybridized carbons (Fsp3) is 0.200. The lowest BCUT2D eigenvalue weighted by Crippen LogP contribution is -2.03. The molecule has 0 radical (unpaired) electrons. The highest BCUT2D eigenvalue weighted by Gasteiger charge is 2.15. The van der Waals surface area contributed by atoms with Gasteiger partial charge in [-0.1, -0.05) is 5.21 Å². The summed E-state index contributed by atoms with van der Waals surface area (Å²) in [7, 11) is 3.27. The zero-order valence-corrected chi connectivity index (χ0v) is 12.5. The lowest BCUT2D eigenvalue weighted by atomic mass is 10.2. The monoisotopic (exact) mass is 297 g/mol. The predicted octanol–water partition coefficient (Wildman–Crippen LogP) is 1.76. The summed E-state index contributed by atoms with van der Waals surface area (Å²) < 4.78 is 8.30. The molecule has 0 saturated heterocycles. The zero-order chi connectivity index (χ0) is 15.7. The van der Waals surface area contributed by atoms with Gasteiger partial charge in [-0.3, -0.25) is 0 Å². The van der Waals surface area contributed by atoms with Crippen molar-refractivity contribution in [2.75, 3.05) is 7.11 Å². The number of aromatic nitrogens is 5. The van der Waals surface area contributed by atoms with Gasteiger partial charge in [-0.05, 0) is 31.2 Å². The zero-order valence-electron chi connectivity index (χ0n) is 12.5. The van der Waals surface area contributed by atoms with Crippen LogP contribution in [-0.4, -0.2) is 37.6 Å². The molecule has 0 saturated carbocycles. The summed E-state index contributed by atoms with van der Waals surface area (Å²) in [6, 6.07) is 7.01. The van der Waals surface area contributed by atoms with Gasteiger partial charge in [0.2, 0.25) is 0 Å². The average molecular weight is 297 g/mol. The van der Waals surface area contributed by atoms with Gasteiger partial charge in [0, 0.05) is 7.05 Å². The van der Waals surface area contributed by atoms with E-state index >= 15 is 0 Å². The third kappa shape index (κ3) is 2.26. The molecule has 0 fully saturated rings. The Balaban J connectivity index is 1.98. The highest BCUT2D eigenvalue weighted by atomic mass is 16.5. The molecule has 0 aliphatic heterocycles. The van der Waals surface area contributed by atoms with Gasteiger partial charge in [-0.15, -0.1) is 5.10 Å². The number of nitrogens with zero attached hydrogens (tertiary/aromatic N) is 5. The second-order valence-corrected chi connectivity index (χ2v) is 4.86. The molecule has 0 N–H and O–H groups in total. The van der Waals surface area contributed by atoms with Crippen molar-refractivity contribution in [1.82, 2.24) is 24.5 Å². The Morgan fingerprint density at radius 2 is 1.95 bits per heavy atom. The Morgan fingerprint density at radius 1 is 1.23 bits per heavy atom. The third-order valence-corrected chi connectivity index (χ3v) is 3.49. The van der Waals surface area contributed by atoms with Crippen molar-refractivity contribution in [1.29, 1.82) is 0 Å². The van der Waals surface area contributed by atoms with Crippen molar-refractivity contribution in [2.45, 2.75) is 6.92 Å². The van der Waals surface area contributed by atoms with E-state index in [4.69, 9.17) is 0 Å².